The summed E-state index contributed by atoms with van der Waals surface area (Å²) in [5, 5.41) is 8.34. The topological polar surface area (TPSA) is 39.1 Å². The first-order chi connectivity index (χ1) is 9.51. The molecule has 1 heterocycles. The van der Waals surface area contributed by atoms with E-state index >= 15 is 0 Å². The Hall–Kier alpha value is -1.20. The Morgan fingerprint density at radius 3 is 2.80 bits per heavy atom. The van der Waals surface area contributed by atoms with Gasteiger partial charge in [0.2, 0.25) is 0 Å². The zero-order chi connectivity index (χ0) is 14.7. The van der Waals surface area contributed by atoms with Crippen LogP contribution in [0.3, 0.4) is 0 Å². The number of halogens is 2. The molecule has 0 aliphatic heterocycles. The quantitative estimate of drug-likeness (QED) is 0.872. The lowest BCUT2D eigenvalue weighted by molar-refractivity contribution is 0.339. The Bertz CT molecular complexity index is 613. The van der Waals surface area contributed by atoms with Crippen LogP contribution in [0.15, 0.2) is 22.8 Å². The van der Waals surface area contributed by atoms with E-state index in [4.69, 9.17) is 16.3 Å². The van der Waals surface area contributed by atoms with Gasteiger partial charge >= 0.3 is 0 Å². The summed E-state index contributed by atoms with van der Waals surface area (Å²) in [6.07, 6.45) is 2.00. The fraction of sp³-hybridized carbons (Fsp3) is 0.357. The molecule has 0 spiro atoms. The zero-order valence-electron chi connectivity index (χ0n) is 11.7. The van der Waals surface area contributed by atoms with Gasteiger partial charge < -0.3 is 10.1 Å². The molecule has 0 fully saturated rings. The standard InChI is InChI=1S/C14H17BrClN3O/c1-4-20-14-12(15)5-11(16)6-13(14)17-7-10-8-19(3)18-9(10)2/h5-6,8,17H,4,7H2,1-3H3. The Labute approximate surface area is 132 Å². The lowest BCUT2D eigenvalue weighted by Gasteiger charge is -2.14. The average Bonchev–Trinajstić information content (AvgIpc) is 2.69. The number of hydrogen-bond donors (Lipinski definition) is 1. The van der Waals surface area contributed by atoms with Crippen molar-refractivity contribution in [2.24, 2.45) is 7.05 Å². The maximum Gasteiger partial charge on any atom is 0.156 e. The van der Waals surface area contributed by atoms with Gasteiger partial charge in [-0.25, -0.2) is 0 Å². The number of nitrogens with one attached hydrogen (secondary N) is 1. The molecule has 0 radical (unpaired) electrons. The molecule has 20 heavy (non-hydrogen) atoms. The normalized spacial score (nSPS) is 10.7. The van der Waals surface area contributed by atoms with Gasteiger partial charge in [-0.15, -0.1) is 0 Å². The molecule has 0 aliphatic carbocycles. The van der Waals surface area contributed by atoms with Crippen LogP contribution in [0.25, 0.3) is 0 Å². The minimum atomic E-state index is 0.598. The fourth-order valence-electron chi connectivity index (χ4n) is 2.00. The minimum absolute atomic E-state index is 0.598. The Kier molecular flexibility index (Phi) is 4.94. The highest BCUT2D eigenvalue weighted by atomic mass is 79.9. The Balaban J connectivity index is 2.22. The summed E-state index contributed by atoms with van der Waals surface area (Å²) in [6.45, 7) is 5.22. The van der Waals surface area contributed by atoms with Gasteiger partial charge in [0.25, 0.3) is 0 Å². The van der Waals surface area contributed by atoms with E-state index in [0.717, 1.165) is 27.2 Å². The lowest BCUT2D eigenvalue weighted by atomic mass is 10.2. The van der Waals surface area contributed by atoms with Crippen molar-refractivity contribution in [2.45, 2.75) is 20.4 Å². The molecule has 0 saturated carbocycles. The summed E-state index contributed by atoms with van der Waals surface area (Å²) in [4.78, 5) is 0. The molecule has 0 bridgehead atoms. The molecule has 6 heteroatoms. The first-order valence-corrected chi connectivity index (χ1v) is 7.53. The second-order valence-corrected chi connectivity index (χ2v) is 5.76. The second kappa shape index (κ2) is 6.50. The molecule has 2 aromatic rings. The van der Waals surface area contributed by atoms with E-state index < -0.39 is 0 Å². The lowest BCUT2D eigenvalue weighted by Crippen LogP contribution is -2.04. The summed E-state index contributed by atoms with van der Waals surface area (Å²) in [7, 11) is 1.91. The molecule has 0 saturated heterocycles. The number of rotatable bonds is 5. The highest BCUT2D eigenvalue weighted by molar-refractivity contribution is 9.10. The van der Waals surface area contributed by atoms with Crippen LogP contribution in [-0.2, 0) is 13.6 Å². The molecule has 0 atom stereocenters. The van der Waals surface area contributed by atoms with E-state index in [1.165, 1.54) is 0 Å². The summed E-state index contributed by atoms with van der Waals surface area (Å²) in [5.74, 6) is 0.776. The molecular weight excluding hydrogens is 342 g/mol. The molecule has 0 amide bonds. The van der Waals surface area contributed by atoms with E-state index in [1.54, 1.807) is 0 Å². The van der Waals surface area contributed by atoms with Crippen molar-refractivity contribution in [3.05, 3.63) is 39.1 Å². The van der Waals surface area contributed by atoms with Crippen LogP contribution in [0.1, 0.15) is 18.2 Å². The number of aromatic nitrogens is 2. The number of ether oxygens (including phenoxy) is 1. The molecule has 2 rings (SSSR count). The highest BCUT2D eigenvalue weighted by Gasteiger charge is 2.11. The van der Waals surface area contributed by atoms with Crippen molar-refractivity contribution >= 4 is 33.2 Å². The van der Waals surface area contributed by atoms with Crippen molar-refractivity contribution in [1.82, 2.24) is 9.78 Å². The van der Waals surface area contributed by atoms with Gasteiger partial charge in [-0.05, 0) is 41.9 Å². The molecule has 108 valence electrons. The van der Waals surface area contributed by atoms with Crippen LogP contribution < -0.4 is 10.1 Å². The summed E-state index contributed by atoms with van der Waals surface area (Å²) < 4.78 is 8.31. The van der Waals surface area contributed by atoms with Gasteiger partial charge in [0.05, 0.1) is 22.5 Å². The summed E-state index contributed by atoms with van der Waals surface area (Å²) >= 11 is 9.58. The molecule has 4 nitrogen and oxygen atoms in total. The van der Waals surface area contributed by atoms with Gasteiger partial charge in [0.1, 0.15) is 0 Å². The Morgan fingerprint density at radius 1 is 1.45 bits per heavy atom. The maximum atomic E-state index is 6.10. The SMILES string of the molecule is CCOc1c(Br)cc(Cl)cc1NCc1cn(C)nc1C. The van der Waals surface area contributed by atoms with Crippen molar-refractivity contribution in [1.29, 1.82) is 0 Å². The monoisotopic (exact) mass is 357 g/mol. The first-order valence-electron chi connectivity index (χ1n) is 6.36. The minimum Gasteiger partial charge on any atom is -0.491 e. The van der Waals surface area contributed by atoms with E-state index in [2.05, 4.69) is 26.3 Å². The molecule has 1 aromatic heterocycles. The second-order valence-electron chi connectivity index (χ2n) is 4.46. The predicted molar refractivity (Wildman–Crippen MR) is 85.6 cm³/mol. The van der Waals surface area contributed by atoms with Crippen molar-refractivity contribution in [3.63, 3.8) is 0 Å². The van der Waals surface area contributed by atoms with E-state index in [0.29, 0.717) is 18.2 Å². The van der Waals surface area contributed by atoms with Gasteiger partial charge in [-0.1, -0.05) is 11.6 Å². The van der Waals surface area contributed by atoms with E-state index in [9.17, 15) is 0 Å². The summed E-state index contributed by atoms with van der Waals surface area (Å²) in [6, 6.07) is 3.69. The van der Waals surface area contributed by atoms with Gasteiger partial charge in [0, 0.05) is 30.4 Å². The number of hydrogen-bond acceptors (Lipinski definition) is 3. The average molecular weight is 359 g/mol. The van der Waals surface area contributed by atoms with Crippen LogP contribution >= 0.6 is 27.5 Å². The highest BCUT2D eigenvalue weighted by Crippen LogP contribution is 2.36. The third-order valence-corrected chi connectivity index (χ3v) is 3.69. The van der Waals surface area contributed by atoms with Crippen LogP contribution in [-0.4, -0.2) is 16.4 Å². The van der Waals surface area contributed by atoms with Crippen molar-refractivity contribution in [2.75, 3.05) is 11.9 Å². The van der Waals surface area contributed by atoms with Gasteiger partial charge in [-0.3, -0.25) is 4.68 Å². The van der Waals surface area contributed by atoms with Crippen LogP contribution in [0.2, 0.25) is 5.02 Å². The number of nitrogens with zero attached hydrogens (tertiary/aromatic N) is 2. The van der Waals surface area contributed by atoms with Gasteiger partial charge in [-0.2, -0.15) is 5.10 Å². The third-order valence-electron chi connectivity index (χ3n) is 2.88. The van der Waals surface area contributed by atoms with E-state index in [-0.39, 0.29) is 0 Å². The van der Waals surface area contributed by atoms with E-state index in [1.807, 2.05) is 43.9 Å². The predicted octanol–water partition coefficient (Wildman–Crippen LogP) is 4.16. The van der Waals surface area contributed by atoms with Crippen LogP contribution in [0.5, 0.6) is 5.75 Å². The third kappa shape index (κ3) is 3.46. The largest absolute Gasteiger partial charge is 0.491 e. The van der Waals surface area contributed by atoms with Crippen molar-refractivity contribution < 1.29 is 4.74 Å². The number of benzene rings is 1. The molecular formula is C14H17BrClN3O. The number of aryl methyl sites for hydroxylation is 2. The zero-order valence-corrected chi connectivity index (χ0v) is 14.0. The molecule has 1 aromatic carbocycles. The Morgan fingerprint density at radius 2 is 2.20 bits per heavy atom. The van der Waals surface area contributed by atoms with Gasteiger partial charge in [0.15, 0.2) is 5.75 Å². The molecule has 1 N–H and O–H groups in total. The first kappa shape index (κ1) is 15.2. The van der Waals surface area contributed by atoms with Crippen molar-refractivity contribution in [3.8, 4) is 5.75 Å². The maximum absolute atomic E-state index is 6.10. The van der Waals surface area contributed by atoms with Crippen LogP contribution in [0, 0.1) is 6.92 Å². The molecule has 0 aliphatic rings. The summed E-state index contributed by atoms with van der Waals surface area (Å²) in [5.41, 5.74) is 3.03. The molecule has 0 unspecified atom stereocenters. The smallest absolute Gasteiger partial charge is 0.156 e. The fourth-order valence-corrected chi connectivity index (χ4v) is 2.92. The number of anilines is 1. The van der Waals surface area contributed by atoms with Crippen LogP contribution in [0.4, 0.5) is 5.69 Å².